The second kappa shape index (κ2) is 9.82. The monoisotopic (exact) mass is 489 g/mol. The van der Waals surface area contributed by atoms with Crippen LogP contribution in [0.5, 0.6) is 5.75 Å². The van der Waals surface area contributed by atoms with Gasteiger partial charge in [-0.2, -0.15) is 5.10 Å². The van der Waals surface area contributed by atoms with Gasteiger partial charge in [-0.3, -0.25) is 4.98 Å². The number of hydrogen-bond acceptors (Lipinski definition) is 9. The summed E-state index contributed by atoms with van der Waals surface area (Å²) >= 11 is 0. The van der Waals surface area contributed by atoms with Gasteiger partial charge in [-0.25, -0.2) is 14.5 Å². The predicted octanol–water partition coefficient (Wildman–Crippen LogP) is 2.69. The fraction of sp³-hybridized carbons (Fsp3) is 0.333. The number of aromatic nitrogens is 7. The van der Waals surface area contributed by atoms with E-state index in [0.717, 1.165) is 18.7 Å². The summed E-state index contributed by atoms with van der Waals surface area (Å²) < 4.78 is 1.68. The molecule has 5 rings (SSSR count). The van der Waals surface area contributed by atoms with Crippen LogP contribution in [0.1, 0.15) is 19.7 Å². The first-order valence-corrected chi connectivity index (χ1v) is 10.2. The lowest BCUT2D eigenvalue weighted by Gasteiger charge is -2.35. The Labute approximate surface area is 203 Å². The van der Waals surface area contributed by atoms with Crippen molar-refractivity contribution in [1.82, 2.24) is 40.1 Å². The minimum absolute atomic E-state index is 0. The van der Waals surface area contributed by atoms with Crippen LogP contribution in [0, 0.1) is 6.92 Å². The molecule has 174 valence electrons. The highest BCUT2D eigenvalue weighted by Crippen LogP contribution is 2.31. The highest BCUT2D eigenvalue weighted by Gasteiger charge is 2.23. The molecule has 1 aliphatic heterocycles. The van der Waals surface area contributed by atoms with Crippen molar-refractivity contribution < 1.29 is 5.11 Å². The molecule has 3 aromatic heterocycles. The first kappa shape index (κ1) is 24.6. The molecule has 10 nitrogen and oxygen atoms in total. The summed E-state index contributed by atoms with van der Waals surface area (Å²) in [6.45, 7) is 7.76. The van der Waals surface area contributed by atoms with E-state index in [-0.39, 0.29) is 30.6 Å². The predicted molar refractivity (Wildman–Crippen MR) is 130 cm³/mol. The third-order valence-corrected chi connectivity index (χ3v) is 5.29. The molecule has 12 heteroatoms. The van der Waals surface area contributed by atoms with E-state index >= 15 is 0 Å². The molecule has 1 aromatic carbocycles. The van der Waals surface area contributed by atoms with Gasteiger partial charge < -0.3 is 15.3 Å². The van der Waals surface area contributed by atoms with Gasteiger partial charge in [-0.15, -0.1) is 35.0 Å². The molecule has 1 saturated heterocycles. The average molecular weight is 490 g/mol. The number of anilines is 1. The molecule has 0 amide bonds. The molecule has 0 bridgehead atoms. The van der Waals surface area contributed by atoms with Crippen LogP contribution in [-0.2, 0) is 0 Å². The van der Waals surface area contributed by atoms with E-state index in [1.807, 2.05) is 13.0 Å². The van der Waals surface area contributed by atoms with Crippen LogP contribution in [0.4, 0.5) is 5.95 Å². The van der Waals surface area contributed by atoms with E-state index < -0.39 is 0 Å². The normalized spacial score (nSPS) is 18.0. The number of hydrogen-bond donors (Lipinski definition) is 2. The van der Waals surface area contributed by atoms with Crippen molar-refractivity contribution in [3.05, 3.63) is 42.6 Å². The summed E-state index contributed by atoms with van der Waals surface area (Å²) in [5.74, 6) is 1.36. The zero-order valence-electron chi connectivity index (χ0n) is 18.4. The van der Waals surface area contributed by atoms with E-state index in [0.29, 0.717) is 46.5 Å². The van der Waals surface area contributed by atoms with E-state index in [1.165, 1.54) is 0 Å². The summed E-state index contributed by atoms with van der Waals surface area (Å²) in [5.41, 5.74) is 3.20. The number of piperazine rings is 1. The lowest BCUT2D eigenvalue weighted by molar-refractivity contribution is 0.402. The van der Waals surface area contributed by atoms with Crippen molar-refractivity contribution in [2.24, 2.45) is 0 Å². The third kappa shape index (κ3) is 4.97. The van der Waals surface area contributed by atoms with E-state index in [1.54, 1.807) is 35.2 Å². The summed E-state index contributed by atoms with van der Waals surface area (Å²) in [5, 5.41) is 27.0. The minimum Gasteiger partial charge on any atom is -0.507 e. The van der Waals surface area contributed by atoms with Gasteiger partial charge in [-0.1, -0.05) is 6.07 Å². The number of halogens is 2. The second-order valence-electron chi connectivity index (χ2n) is 7.98. The summed E-state index contributed by atoms with van der Waals surface area (Å²) in [6.07, 6.45) is 5.10. The number of phenols is 1. The minimum atomic E-state index is 0. The van der Waals surface area contributed by atoms with Gasteiger partial charge in [0.1, 0.15) is 17.3 Å². The molecule has 0 spiro atoms. The van der Waals surface area contributed by atoms with E-state index in [2.05, 4.69) is 54.3 Å². The molecule has 0 unspecified atom stereocenters. The van der Waals surface area contributed by atoms with E-state index in [4.69, 9.17) is 0 Å². The molecule has 33 heavy (non-hydrogen) atoms. The third-order valence-electron chi connectivity index (χ3n) is 5.29. The molecule has 1 aliphatic rings. The zero-order chi connectivity index (χ0) is 21.5. The van der Waals surface area contributed by atoms with Crippen molar-refractivity contribution in [2.75, 3.05) is 18.0 Å². The topological polar surface area (TPSA) is 117 Å². The van der Waals surface area contributed by atoms with Crippen molar-refractivity contribution in [3.63, 3.8) is 0 Å². The smallest absolute Gasteiger partial charge is 0.245 e. The van der Waals surface area contributed by atoms with Gasteiger partial charge in [-0.05, 0) is 32.9 Å². The van der Waals surface area contributed by atoms with Crippen molar-refractivity contribution in [1.29, 1.82) is 0 Å². The van der Waals surface area contributed by atoms with Gasteiger partial charge in [0.05, 0.1) is 24.3 Å². The highest BCUT2D eigenvalue weighted by molar-refractivity contribution is 5.85. The molecule has 4 aromatic rings. The van der Waals surface area contributed by atoms with Crippen molar-refractivity contribution in [3.8, 4) is 28.3 Å². The zero-order valence-corrected chi connectivity index (χ0v) is 20.0. The van der Waals surface area contributed by atoms with Crippen LogP contribution in [0.25, 0.3) is 28.2 Å². The van der Waals surface area contributed by atoms with Gasteiger partial charge in [0.25, 0.3) is 0 Å². The SMILES string of the molecule is Cc1nc2cnc(-c3ccc(-c4cnc(N5C[C@@H](C)N[C@@H](C)C5)nn4)c(O)c3)cn2n1.Cl.Cl. The summed E-state index contributed by atoms with van der Waals surface area (Å²) in [6, 6.07) is 6.05. The first-order chi connectivity index (χ1) is 15.0. The van der Waals surface area contributed by atoms with Crippen LogP contribution >= 0.6 is 24.8 Å². The van der Waals surface area contributed by atoms with Crippen molar-refractivity contribution >= 4 is 36.4 Å². The summed E-state index contributed by atoms with van der Waals surface area (Å²) in [4.78, 5) is 15.3. The Morgan fingerprint density at radius 3 is 2.42 bits per heavy atom. The number of fused-ring (bicyclic) bond motifs is 1. The Kier molecular flexibility index (Phi) is 7.31. The molecule has 0 radical (unpaired) electrons. The number of benzene rings is 1. The molecule has 0 saturated carbocycles. The maximum Gasteiger partial charge on any atom is 0.245 e. The molecule has 2 N–H and O–H groups in total. The number of aryl methyl sites for hydroxylation is 1. The molecular formula is C21H25Cl2N9O. The Bertz CT molecular complexity index is 1240. The molecule has 2 atom stereocenters. The van der Waals surface area contributed by atoms with Crippen LogP contribution in [0.2, 0.25) is 0 Å². The summed E-state index contributed by atoms with van der Waals surface area (Å²) in [7, 11) is 0. The fourth-order valence-electron chi connectivity index (χ4n) is 3.99. The van der Waals surface area contributed by atoms with Crippen LogP contribution in [-0.4, -0.2) is 65.0 Å². The lowest BCUT2D eigenvalue weighted by Crippen LogP contribution is -2.54. The number of rotatable bonds is 3. The molecule has 1 fully saturated rings. The Morgan fingerprint density at radius 2 is 1.76 bits per heavy atom. The standard InChI is InChI=1S/C21H23N9O.2ClH/c1-12-9-29(10-13(2)24-12)21-23-7-17(26-27-21)16-5-4-15(6-19(16)31)18-11-30-20(8-22-18)25-14(3)28-30;;/h4-8,11-13,24,31H,9-10H2,1-3H3;2*1H/t12-,13+;;. The van der Waals surface area contributed by atoms with Crippen molar-refractivity contribution in [2.45, 2.75) is 32.9 Å². The van der Waals surface area contributed by atoms with Gasteiger partial charge >= 0.3 is 0 Å². The van der Waals surface area contributed by atoms with Crippen LogP contribution in [0.3, 0.4) is 0 Å². The van der Waals surface area contributed by atoms with Gasteiger partial charge in [0, 0.05) is 36.3 Å². The average Bonchev–Trinajstić information content (AvgIpc) is 3.12. The Morgan fingerprint density at radius 1 is 1.00 bits per heavy atom. The largest absolute Gasteiger partial charge is 0.507 e. The number of phenolic OH excluding ortho intramolecular Hbond substituents is 1. The maximum atomic E-state index is 10.6. The number of nitrogens with zero attached hydrogens (tertiary/aromatic N) is 8. The van der Waals surface area contributed by atoms with Gasteiger partial charge in [0.15, 0.2) is 5.65 Å². The fourth-order valence-corrected chi connectivity index (χ4v) is 3.99. The molecular weight excluding hydrogens is 465 g/mol. The Balaban J connectivity index is 0.00000153. The quantitative estimate of drug-likeness (QED) is 0.447. The van der Waals surface area contributed by atoms with E-state index in [9.17, 15) is 5.11 Å². The lowest BCUT2D eigenvalue weighted by atomic mass is 10.1. The Hall–Kier alpha value is -3.08. The van der Waals surface area contributed by atoms with Crippen LogP contribution < -0.4 is 10.2 Å². The highest BCUT2D eigenvalue weighted by atomic mass is 35.5. The number of nitrogens with one attached hydrogen (secondary N) is 1. The number of aromatic hydroxyl groups is 1. The second-order valence-corrected chi connectivity index (χ2v) is 7.98. The molecule has 0 aliphatic carbocycles. The van der Waals surface area contributed by atoms with Gasteiger partial charge in [0.2, 0.25) is 5.95 Å². The first-order valence-electron chi connectivity index (χ1n) is 10.2. The van der Waals surface area contributed by atoms with Crippen LogP contribution in [0.15, 0.2) is 36.8 Å². The molecule has 4 heterocycles. The maximum absolute atomic E-state index is 10.6.